The molecule has 2 aromatic heterocycles. The Labute approximate surface area is 190 Å². The van der Waals surface area contributed by atoms with Crippen molar-refractivity contribution in [2.45, 2.75) is 18.5 Å². The second-order valence-corrected chi connectivity index (χ2v) is 7.87. The van der Waals surface area contributed by atoms with Crippen LogP contribution in [0.4, 0.5) is 5.69 Å². The van der Waals surface area contributed by atoms with Crippen molar-refractivity contribution in [3.63, 3.8) is 0 Å². The summed E-state index contributed by atoms with van der Waals surface area (Å²) in [5.41, 5.74) is 4.24. The molecule has 0 fully saturated rings. The third-order valence-electron chi connectivity index (χ3n) is 4.80. The Morgan fingerprint density at radius 3 is 2.41 bits per heavy atom. The number of carbonyl (C=O) groups excluding carboxylic acids is 1. The molecule has 0 aliphatic carbocycles. The summed E-state index contributed by atoms with van der Waals surface area (Å²) in [5.74, 6) is 0.689. The fourth-order valence-electron chi connectivity index (χ4n) is 3.12. The predicted molar refractivity (Wildman–Crippen MR) is 124 cm³/mol. The molecule has 1 amide bonds. The lowest BCUT2D eigenvalue weighted by atomic mass is 10.1. The van der Waals surface area contributed by atoms with Crippen LogP contribution in [0.5, 0.6) is 0 Å². The van der Waals surface area contributed by atoms with Gasteiger partial charge >= 0.3 is 0 Å². The molecule has 0 saturated carbocycles. The maximum Gasteiger partial charge on any atom is 0.234 e. The van der Waals surface area contributed by atoms with E-state index in [1.54, 1.807) is 36.7 Å². The van der Waals surface area contributed by atoms with Crippen LogP contribution in [0.25, 0.3) is 17.1 Å². The molecule has 7 nitrogen and oxygen atoms in total. The summed E-state index contributed by atoms with van der Waals surface area (Å²) >= 11 is 1.31. The van der Waals surface area contributed by atoms with E-state index in [0.717, 1.165) is 17.7 Å². The van der Waals surface area contributed by atoms with Gasteiger partial charge in [-0.3, -0.25) is 14.3 Å². The monoisotopic (exact) mass is 440 g/mol. The minimum absolute atomic E-state index is 0.166. The molecule has 2 heterocycles. The molecule has 4 rings (SSSR count). The van der Waals surface area contributed by atoms with Crippen molar-refractivity contribution in [2.75, 3.05) is 11.1 Å². The molecule has 0 saturated heterocycles. The number of aryl methyl sites for hydroxylation is 1. The lowest BCUT2D eigenvalue weighted by molar-refractivity contribution is -0.113. The molecule has 1 N–H and O–H groups in total. The fraction of sp³-hybridized carbons (Fsp3) is 0.125. The Morgan fingerprint density at radius 1 is 1.03 bits per heavy atom. The van der Waals surface area contributed by atoms with Crippen LogP contribution in [0.1, 0.15) is 18.1 Å². The van der Waals surface area contributed by atoms with Crippen LogP contribution >= 0.6 is 11.8 Å². The van der Waals surface area contributed by atoms with Gasteiger partial charge in [-0.15, -0.1) is 10.2 Å². The molecule has 4 aromatic rings. The molecular weight excluding hydrogens is 420 g/mol. The van der Waals surface area contributed by atoms with Crippen molar-refractivity contribution in [1.82, 2.24) is 19.7 Å². The Kier molecular flexibility index (Phi) is 6.58. The van der Waals surface area contributed by atoms with Crippen molar-refractivity contribution >= 4 is 23.4 Å². The van der Waals surface area contributed by atoms with Gasteiger partial charge in [0.15, 0.2) is 11.0 Å². The highest BCUT2D eigenvalue weighted by Gasteiger charge is 2.17. The molecular formula is C24H20N6OS. The van der Waals surface area contributed by atoms with Crippen molar-refractivity contribution in [2.24, 2.45) is 0 Å². The second kappa shape index (κ2) is 9.90. The number of carbonyl (C=O) groups is 1. The molecule has 0 unspecified atom stereocenters. The fourth-order valence-corrected chi connectivity index (χ4v) is 3.87. The number of benzene rings is 2. The Hall–Kier alpha value is -3.96. The summed E-state index contributed by atoms with van der Waals surface area (Å²) in [6.45, 7) is 2.12. The quantitative estimate of drug-likeness (QED) is 0.425. The summed E-state index contributed by atoms with van der Waals surface area (Å²) in [6.07, 6.45) is 4.38. The molecule has 0 bridgehead atoms. The molecule has 0 radical (unpaired) electrons. The minimum atomic E-state index is -0.166. The van der Waals surface area contributed by atoms with Crippen LogP contribution in [-0.2, 0) is 11.2 Å². The SMILES string of the molecule is CCc1ccc(-n2c(SCC(=O)Nc3ccc(C#N)cc3)nnc2-c2ccncc2)cc1. The summed E-state index contributed by atoms with van der Waals surface area (Å²) in [5, 5.41) is 21.1. The zero-order valence-corrected chi connectivity index (χ0v) is 18.2. The van der Waals surface area contributed by atoms with E-state index in [0.29, 0.717) is 22.2 Å². The van der Waals surface area contributed by atoms with E-state index in [1.807, 2.05) is 28.8 Å². The van der Waals surface area contributed by atoms with Crippen molar-refractivity contribution in [3.05, 3.63) is 84.2 Å². The van der Waals surface area contributed by atoms with Gasteiger partial charge in [0, 0.05) is 29.3 Å². The zero-order chi connectivity index (χ0) is 22.3. The highest BCUT2D eigenvalue weighted by atomic mass is 32.2. The lowest BCUT2D eigenvalue weighted by Crippen LogP contribution is -2.14. The lowest BCUT2D eigenvalue weighted by Gasteiger charge is -2.11. The van der Waals surface area contributed by atoms with Gasteiger partial charge < -0.3 is 5.32 Å². The number of pyridine rings is 1. The average Bonchev–Trinajstić information content (AvgIpc) is 3.28. The topological polar surface area (TPSA) is 96.5 Å². The first-order valence-corrected chi connectivity index (χ1v) is 11.0. The molecule has 32 heavy (non-hydrogen) atoms. The minimum Gasteiger partial charge on any atom is -0.325 e. The molecule has 2 aromatic carbocycles. The number of nitrogens with one attached hydrogen (secondary N) is 1. The van der Waals surface area contributed by atoms with Crippen LogP contribution in [0.3, 0.4) is 0 Å². The van der Waals surface area contributed by atoms with E-state index in [4.69, 9.17) is 5.26 Å². The van der Waals surface area contributed by atoms with Gasteiger partial charge in [0.2, 0.25) is 5.91 Å². The number of anilines is 1. The summed E-state index contributed by atoms with van der Waals surface area (Å²) in [7, 11) is 0. The number of amides is 1. The van der Waals surface area contributed by atoms with Gasteiger partial charge in [-0.1, -0.05) is 30.8 Å². The number of aromatic nitrogens is 4. The van der Waals surface area contributed by atoms with Crippen molar-refractivity contribution in [1.29, 1.82) is 5.26 Å². The maximum absolute atomic E-state index is 12.5. The normalized spacial score (nSPS) is 10.5. The van der Waals surface area contributed by atoms with E-state index >= 15 is 0 Å². The number of nitrogens with zero attached hydrogens (tertiary/aromatic N) is 5. The number of rotatable bonds is 7. The first-order valence-electron chi connectivity index (χ1n) is 10.1. The third-order valence-corrected chi connectivity index (χ3v) is 5.73. The van der Waals surface area contributed by atoms with Gasteiger partial charge in [-0.05, 0) is 60.5 Å². The highest BCUT2D eigenvalue weighted by molar-refractivity contribution is 7.99. The van der Waals surface area contributed by atoms with Crippen molar-refractivity contribution < 1.29 is 4.79 Å². The number of thioether (sulfide) groups is 1. The van der Waals surface area contributed by atoms with Gasteiger partial charge in [-0.25, -0.2) is 0 Å². The van der Waals surface area contributed by atoms with Crippen LogP contribution in [0.15, 0.2) is 78.2 Å². The standard InChI is InChI=1S/C24H20N6OS/c1-2-17-5-9-21(10-6-17)30-23(19-11-13-26-14-12-19)28-29-24(30)32-16-22(31)27-20-7-3-18(15-25)4-8-20/h3-14H,2,16H2,1H3,(H,27,31). The Bertz CT molecular complexity index is 1240. The molecule has 158 valence electrons. The Balaban J connectivity index is 1.57. The molecule has 0 spiro atoms. The summed E-state index contributed by atoms with van der Waals surface area (Å²) in [6, 6.07) is 20.8. The molecule has 0 aliphatic rings. The highest BCUT2D eigenvalue weighted by Crippen LogP contribution is 2.28. The number of nitriles is 1. The first-order chi connectivity index (χ1) is 15.7. The second-order valence-electron chi connectivity index (χ2n) is 6.92. The molecule has 0 aliphatic heterocycles. The van der Waals surface area contributed by atoms with E-state index in [9.17, 15) is 4.79 Å². The van der Waals surface area contributed by atoms with Gasteiger partial charge in [0.05, 0.1) is 17.4 Å². The average molecular weight is 441 g/mol. The molecule has 8 heteroatoms. The number of hydrogen-bond donors (Lipinski definition) is 1. The van der Waals surface area contributed by atoms with Crippen LogP contribution in [-0.4, -0.2) is 31.4 Å². The number of hydrogen-bond acceptors (Lipinski definition) is 6. The van der Waals surface area contributed by atoms with Crippen LogP contribution < -0.4 is 5.32 Å². The largest absolute Gasteiger partial charge is 0.325 e. The zero-order valence-electron chi connectivity index (χ0n) is 17.4. The van der Waals surface area contributed by atoms with E-state index in [-0.39, 0.29) is 11.7 Å². The van der Waals surface area contributed by atoms with Gasteiger partial charge in [0.1, 0.15) is 0 Å². The predicted octanol–water partition coefficient (Wildman–Crippen LogP) is 4.49. The third kappa shape index (κ3) is 4.85. The van der Waals surface area contributed by atoms with Gasteiger partial charge in [0.25, 0.3) is 0 Å². The summed E-state index contributed by atoms with van der Waals surface area (Å²) < 4.78 is 1.95. The van der Waals surface area contributed by atoms with Crippen molar-refractivity contribution in [3.8, 4) is 23.1 Å². The first kappa shape index (κ1) is 21.3. The van der Waals surface area contributed by atoms with E-state index in [2.05, 4.69) is 45.6 Å². The Morgan fingerprint density at radius 2 is 1.75 bits per heavy atom. The van der Waals surface area contributed by atoms with E-state index in [1.165, 1.54) is 17.3 Å². The van der Waals surface area contributed by atoms with E-state index < -0.39 is 0 Å². The van der Waals surface area contributed by atoms with Crippen LogP contribution in [0, 0.1) is 11.3 Å². The van der Waals surface area contributed by atoms with Crippen LogP contribution in [0.2, 0.25) is 0 Å². The molecule has 0 atom stereocenters. The van der Waals surface area contributed by atoms with Gasteiger partial charge in [-0.2, -0.15) is 5.26 Å². The smallest absolute Gasteiger partial charge is 0.234 e. The summed E-state index contributed by atoms with van der Waals surface area (Å²) in [4.78, 5) is 16.6. The maximum atomic E-state index is 12.5.